The molecule has 2 aromatic carbocycles. The summed E-state index contributed by atoms with van der Waals surface area (Å²) in [6, 6.07) is 16.1. The fraction of sp³-hybridized carbons (Fsp3) is 0.227. The summed E-state index contributed by atoms with van der Waals surface area (Å²) in [5, 5.41) is 4.49. The highest BCUT2D eigenvalue weighted by Gasteiger charge is 2.24. The van der Waals surface area contributed by atoms with Crippen LogP contribution in [0.3, 0.4) is 0 Å². The van der Waals surface area contributed by atoms with Crippen molar-refractivity contribution in [2.45, 2.75) is 32.9 Å². The van der Waals surface area contributed by atoms with Crippen molar-refractivity contribution in [3.05, 3.63) is 81.2 Å². The van der Waals surface area contributed by atoms with E-state index in [0.717, 1.165) is 22.2 Å². The molecule has 0 saturated heterocycles. The van der Waals surface area contributed by atoms with Crippen molar-refractivity contribution >= 4 is 34.1 Å². The zero-order chi connectivity index (χ0) is 20.5. The van der Waals surface area contributed by atoms with E-state index in [9.17, 15) is 9.59 Å². The SMILES string of the molecule is CC[C@@H](C(=O)NCc1cccc(Cl)c1)n1c2ccccc2c2nc(=O)cc(C)n21. The van der Waals surface area contributed by atoms with Gasteiger partial charge in [0, 0.05) is 28.7 Å². The van der Waals surface area contributed by atoms with Crippen molar-refractivity contribution in [3.8, 4) is 0 Å². The monoisotopic (exact) mass is 408 g/mol. The number of nitrogens with one attached hydrogen (secondary N) is 1. The largest absolute Gasteiger partial charge is 0.350 e. The molecule has 0 unspecified atom stereocenters. The lowest BCUT2D eigenvalue weighted by Crippen LogP contribution is -2.34. The maximum absolute atomic E-state index is 13.1. The van der Waals surface area contributed by atoms with Crippen LogP contribution in [0.2, 0.25) is 5.02 Å². The van der Waals surface area contributed by atoms with Crippen LogP contribution in [0, 0.1) is 6.92 Å². The number of hydrogen-bond donors (Lipinski definition) is 1. The third kappa shape index (κ3) is 3.51. The number of hydrogen-bond acceptors (Lipinski definition) is 3. The first-order valence-electron chi connectivity index (χ1n) is 9.51. The summed E-state index contributed by atoms with van der Waals surface area (Å²) in [6.07, 6.45) is 0.584. The predicted molar refractivity (Wildman–Crippen MR) is 114 cm³/mol. The molecule has 0 fully saturated rings. The van der Waals surface area contributed by atoms with Crippen molar-refractivity contribution in [2.24, 2.45) is 0 Å². The summed E-state index contributed by atoms with van der Waals surface area (Å²) in [6.45, 7) is 4.21. The van der Waals surface area contributed by atoms with E-state index in [4.69, 9.17) is 11.6 Å². The summed E-state index contributed by atoms with van der Waals surface area (Å²) in [5.41, 5.74) is 2.80. The van der Waals surface area contributed by atoms with E-state index in [0.29, 0.717) is 23.6 Å². The number of carbonyl (C=O) groups is 1. The Morgan fingerprint density at radius 1 is 1.17 bits per heavy atom. The molecule has 1 amide bonds. The minimum Gasteiger partial charge on any atom is -0.350 e. The van der Waals surface area contributed by atoms with E-state index in [1.807, 2.05) is 65.5 Å². The fourth-order valence-corrected chi connectivity index (χ4v) is 3.95. The number of carbonyl (C=O) groups excluding carboxylic acids is 1. The highest BCUT2D eigenvalue weighted by Crippen LogP contribution is 2.26. The van der Waals surface area contributed by atoms with Gasteiger partial charge in [-0.2, -0.15) is 4.98 Å². The number of benzene rings is 2. The molecule has 1 N–H and O–H groups in total. The number of para-hydroxylation sites is 1. The average Bonchev–Trinajstić information content (AvgIpc) is 3.02. The second-order valence-electron chi connectivity index (χ2n) is 7.00. The van der Waals surface area contributed by atoms with Crippen molar-refractivity contribution in [2.75, 3.05) is 0 Å². The Hall–Kier alpha value is -3.12. The van der Waals surface area contributed by atoms with E-state index in [-0.39, 0.29) is 11.5 Å². The van der Waals surface area contributed by atoms with E-state index in [2.05, 4.69) is 10.3 Å². The van der Waals surface area contributed by atoms with Crippen molar-refractivity contribution in [1.29, 1.82) is 0 Å². The molecule has 0 spiro atoms. The molecule has 0 aliphatic carbocycles. The summed E-state index contributed by atoms with van der Waals surface area (Å²) < 4.78 is 3.79. The van der Waals surface area contributed by atoms with Gasteiger partial charge >= 0.3 is 0 Å². The van der Waals surface area contributed by atoms with Crippen LogP contribution in [0.1, 0.15) is 30.6 Å². The van der Waals surface area contributed by atoms with Gasteiger partial charge in [0.2, 0.25) is 5.91 Å². The summed E-state index contributed by atoms with van der Waals surface area (Å²) >= 11 is 6.04. The van der Waals surface area contributed by atoms with Crippen LogP contribution in [0.5, 0.6) is 0 Å². The zero-order valence-electron chi connectivity index (χ0n) is 16.2. The Balaban J connectivity index is 1.78. The molecule has 0 saturated carbocycles. The smallest absolute Gasteiger partial charge is 0.273 e. The van der Waals surface area contributed by atoms with Gasteiger partial charge in [-0.15, -0.1) is 0 Å². The quantitative estimate of drug-likeness (QED) is 0.545. The maximum Gasteiger partial charge on any atom is 0.273 e. The molecule has 0 bridgehead atoms. The first-order valence-corrected chi connectivity index (χ1v) is 9.89. The minimum absolute atomic E-state index is 0.103. The van der Waals surface area contributed by atoms with E-state index in [1.54, 1.807) is 6.07 Å². The second-order valence-corrected chi connectivity index (χ2v) is 7.44. The number of rotatable bonds is 5. The van der Waals surface area contributed by atoms with Crippen molar-refractivity contribution in [3.63, 3.8) is 0 Å². The number of aromatic nitrogens is 3. The molecule has 2 heterocycles. The van der Waals surface area contributed by atoms with E-state index in [1.165, 1.54) is 6.07 Å². The Bertz CT molecular complexity index is 1280. The average molecular weight is 409 g/mol. The molecule has 1 atom stereocenters. The van der Waals surface area contributed by atoms with Gasteiger partial charge < -0.3 is 5.32 Å². The number of amides is 1. The lowest BCUT2D eigenvalue weighted by molar-refractivity contribution is -0.124. The van der Waals surface area contributed by atoms with Gasteiger partial charge in [-0.1, -0.05) is 42.8 Å². The van der Waals surface area contributed by atoms with Gasteiger partial charge in [0.05, 0.1) is 5.52 Å². The van der Waals surface area contributed by atoms with Crippen LogP contribution >= 0.6 is 11.6 Å². The molecule has 2 aromatic heterocycles. The zero-order valence-corrected chi connectivity index (χ0v) is 17.0. The first kappa shape index (κ1) is 19.2. The molecule has 4 rings (SSSR count). The van der Waals surface area contributed by atoms with E-state index < -0.39 is 6.04 Å². The molecule has 0 radical (unpaired) electrons. The van der Waals surface area contributed by atoms with Crippen LogP contribution in [0.25, 0.3) is 16.6 Å². The van der Waals surface area contributed by atoms with Gasteiger partial charge in [0.25, 0.3) is 5.56 Å². The number of nitrogens with zero attached hydrogens (tertiary/aromatic N) is 3. The summed E-state index contributed by atoms with van der Waals surface area (Å²) in [5.74, 6) is -0.103. The lowest BCUT2D eigenvalue weighted by Gasteiger charge is -2.20. The Labute approximate surface area is 172 Å². The van der Waals surface area contributed by atoms with Crippen LogP contribution in [-0.2, 0) is 11.3 Å². The highest BCUT2D eigenvalue weighted by atomic mass is 35.5. The van der Waals surface area contributed by atoms with Crippen molar-refractivity contribution < 1.29 is 4.79 Å². The van der Waals surface area contributed by atoms with E-state index >= 15 is 0 Å². The predicted octanol–water partition coefficient (Wildman–Crippen LogP) is 3.88. The molecular formula is C22H21ClN4O2. The summed E-state index contributed by atoms with van der Waals surface area (Å²) in [4.78, 5) is 29.3. The number of halogens is 1. The minimum atomic E-state index is -0.459. The topological polar surface area (TPSA) is 68.4 Å². The van der Waals surface area contributed by atoms with Crippen LogP contribution in [-0.4, -0.2) is 20.1 Å². The first-order chi connectivity index (χ1) is 14.0. The third-order valence-corrected chi connectivity index (χ3v) is 5.27. The van der Waals surface area contributed by atoms with Gasteiger partial charge in [-0.05, 0) is 43.2 Å². The molecule has 6 nitrogen and oxygen atoms in total. The standard InChI is InChI=1S/C22H21ClN4O2/c1-3-18(22(29)24-13-15-7-6-8-16(23)12-15)27-19-10-5-4-9-17(19)21-25-20(28)11-14(2)26(21)27/h4-12,18H,3,13H2,1-2H3,(H,24,29)/t18-/m0/s1. The Morgan fingerprint density at radius 2 is 1.97 bits per heavy atom. The number of aryl methyl sites for hydroxylation is 1. The van der Waals surface area contributed by atoms with Crippen molar-refractivity contribution in [1.82, 2.24) is 19.5 Å². The third-order valence-electron chi connectivity index (χ3n) is 5.03. The normalized spacial score (nSPS) is 12.4. The van der Waals surface area contributed by atoms with Gasteiger partial charge in [0.15, 0.2) is 5.65 Å². The molecule has 4 aromatic rings. The molecule has 7 heteroatoms. The lowest BCUT2D eigenvalue weighted by atomic mass is 10.1. The highest BCUT2D eigenvalue weighted by molar-refractivity contribution is 6.30. The maximum atomic E-state index is 13.1. The number of fused-ring (bicyclic) bond motifs is 3. The summed E-state index contributed by atoms with van der Waals surface area (Å²) in [7, 11) is 0. The second kappa shape index (κ2) is 7.72. The van der Waals surface area contributed by atoms with Gasteiger partial charge in [-0.3, -0.25) is 14.3 Å². The molecule has 0 aliphatic rings. The molecule has 0 aliphatic heterocycles. The van der Waals surface area contributed by atoms with Gasteiger partial charge in [-0.25, -0.2) is 4.52 Å². The molecular weight excluding hydrogens is 388 g/mol. The molecule has 29 heavy (non-hydrogen) atoms. The van der Waals surface area contributed by atoms with Crippen LogP contribution in [0.15, 0.2) is 59.4 Å². The van der Waals surface area contributed by atoms with Gasteiger partial charge in [0.1, 0.15) is 6.04 Å². The molecule has 148 valence electrons. The Morgan fingerprint density at radius 3 is 2.72 bits per heavy atom. The van der Waals surface area contributed by atoms with Crippen LogP contribution < -0.4 is 10.9 Å². The fourth-order valence-electron chi connectivity index (χ4n) is 3.74. The van der Waals surface area contributed by atoms with Crippen LogP contribution in [0.4, 0.5) is 0 Å². The Kier molecular flexibility index (Phi) is 5.11.